The van der Waals surface area contributed by atoms with Crippen molar-refractivity contribution in [1.82, 2.24) is 0 Å². The third-order valence-electron chi connectivity index (χ3n) is 6.72. The van der Waals surface area contributed by atoms with Crippen LogP contribution < -0.4 is 0 Å². The highest BCUT2D eigenvalue weighted by atomic mass is 16.7. The van der Waals surface area contributed by atoms with Crippen LogP contribution in [0.3, 0.4) is 0 Å². The maximum absolute atomic E-state index is 13.8. The largest absolute Gasteiger partial charge is 0.332 e. The second-order valence-corrected chi connectivity index (χ2v) is 8.84. The molecule has 0 aromatic heterocycles. The molecular weight excluding hydrogens is 450 g/mol. The minimum atomic E-state index is -0.618. The van der Waals surface area contributed by atoms with Gasteiger partial charge in [-0.25, -0.2) is 11.4 Å². The van der Waals surface area contributed by atoms with E-state index in [4.69, 9.17) is 11.4 Å². The molecule has 36 heavy (non-hydrogen) atoms. The highest BCUT2D eigenvalue weighted by molar-refractivity contribution is 6.51. The van der Waals surface area contributed by atoms with Gasteiger partial charge in [-0.05, 0) is 47.2 Å². The molecule has 1 atom stereocenters. The summed E-state index contributed by atoms with van der Waals surface area (Å²) in [6.07, 6.45) is 1.42. The van der Waals surface area contributed by atoms with Crippen LogP contribution in [0.15, 0.2) is 71.9 Å². The number of benzene rings is 3. The molecule has 0 saturated heterocycles. The Kier molecular flexibility index (Phi) is 7.08. The highest BCUT2D eigenvalue weighted by Gasteiger charge is 2.43. The average molecular weight is 476 g/mol. The summed E-state index contributed by atoms with van der Waals surface area (Å²) in [6.45, 7) is 10.8. The predicted octanol–water partition coefficient (Wildman–Crippen LogP) is 6.02. The molecule has 1 unspecified atom stereocenters. The summed E-state index contributed by atoms with van der Waals surface area (Å²) in [5, 5.41) is 13.3. The molecule has 3 aromatic rings. The van der Waals surface area contributed by atoms with Gasteiger partial charge in [0.25, 0.3) is 0 Å². The quantitative estimate of drug-likeness (QED) is 0.131. The number of aryl methyl sites for hydroxylation is 1. The molecule has 0 radical (unpaired) electrons. The van der Waals surface area contributed by atoms with Gasteiger partial charge in [0.15, 0.2) is 5.71 Å². The second kappa shape index (κ2) is 10.4. The Bertz CT molecular complexity index is 1440. The number of ketones is 1. The molecular formula is C30H25N3O3. The average Bonchev–Trinajstić information content (AvgIpc) is 3.16. The number of nitriles is 1. The third kappa shape index (κ3) is 4.42. The molecule has 0 saturated carbocycles. The van der Waals surface area contributed by atoms with Gasteiger partial charge in [0.2, 0.25) is 12.3 Å². The van der Waals surface area contributed by atoms with Crippen LogP contribution >= 0.6 is 0 Å². The minimum absolute atomic E-state index is 0.0440. The molecule has 6 heteroatoms. The fourth-order valence-corrected chi connectivity index (χ4v) is 5.07. The first-order valence-electron chi connectivity index (χ1n) is 11.7. The highest BCUT2D eigenvalue weighted by Crippen LogP contribution is 2.53. The molecule has 0 amide bonds. The van der Waals surface area contributed by atoms with Crippen LogP contribution in [0.1, 0.15) is 58.8 Å². The third-order valence-corrected chi connectivity index (χ3v) is 6.72. The first kappa shape index (κ1) is 24.6. The first-order chi connectivity index (χ1) is 17.4. The fraction of sp³-hybridized carbons (Fsp3) is 0.233. The van der Waals surface area contributed by atoms with Crippen LogP contribution in [-0.4, -0.2) is 24.0 Å². The van der Waals surface area contributed by atoms with Crippen molar-refractivity contribution >= 4 is 17.5 Å². The van der Waals surface area contributed by atoms with Gasteiger partial charge >= 0.3 is 5.97 Å². The summed E-state index contributed by atoms with van der Waals surface area (Å²) in [4.78, 5) is 33.8. The van der Waals surface area contributed by atoms with E-state index < -0.39 is 11.4 Å². The Hall–Kier alpha value is -4.55. The van der Waals surface area contributed by atoms with Crippen LogP contribution in [0, 0.1) is 24.8 Å². The molecule has 0 N–H and O–H groups in total. The maximum atomic E-state index is 13.8. The zero-order valence-electron chi connectivity index (χ0n) is 20.2. The summed E-state index contributed by atoms with van der Waals surface area (Å²) in [5.41, 5.74) is 5.38. The predicted molar refractivity (Wildman–Crippen MR) is 137 cm³/mol. The van der Waals surface area contributed by atoms with E-state index in [1.54, 1.807) is 18.2 Å². The van der Waals surface area contributed by atoms with Gasteiger partial charge in [0.1, 0.15) is 0 Å². The molecule has 3 aromatic carbocycles. The van der Waals surface area contributed by atoms with Crippen LogP contribution in [0.5, 0.6) is 0 Å². The summed E-state index contributed by atoms with van der Waals surface area (Å²) in [5.74, 6) is -0.989. The number of carbonyl (C=O) groups excluding carboxylic acids is 2. The van der Waals surface area contributed by atoms with Crippen LogP contribution in [0.4, 0.5) is 0 Å². The van der Waals surface area contributed by atoms with Gasteiger partial charge in [-0.15, -0.1) is 0 Å². The van der Waals surface area contributed by atoms with Crippen molar-refractivity contribution in [3.05, 3.63) is 106 Å². The number of Topliss-reactive ketones (excluding diaryl/α,β-unsaturated/α-hetero) is 1. The molecule has 4 rings (SSSR count). The Morgan fingerprint density at radius 1 is 1.03 bits per heavy atom. The van der Waals surface area contributed by atoms with Gasteiger partial charge in [-0.1, -0.05) is 65.8 Å². The zero-order valence-corrected chi connectivity index (χ0v) is 20.2. The van der Waals surface area contributed by atoms with E-state index in [0.29, 0.717) is 36.9 Å². The van der Waals surface area contributed by atoms with Crippen molar-refractivity contribution in [2.24, 2.45) is 5.16 Å². The Labute approximate surface area is 210 Å². The summed E-state index contributed by atoms with van der Waals surface area (Å²) in [6, 6.07) is 23.1. The molecule has 0 heterocycles. The summed E-state index contributed by atoms with van der Waals surface area (Å²) >= 11 is 0. The molecule has 1 aliphatic rings. The molecule has 6 nitrogen and oxygen atoms in total. The Balaban J connectivity index is 1.88. The van der Waals surface area contributed by atoms with Crippen molar-refractivity contribution in [2.45, 2.75) is 38.5 Å². The van der Waals surface area contributed by atoms with Crippen LogP contribution in [0.2, 0.25) is 0 Å². The Morgan fingerprint density at radius 3 is 2.47 bits per heavy atom. The number of rotatable bonds is 8. The molecule has 178 valence electrons. The lowest BCUT2D eigenvalue weighted by Crippen LogP contribution is -2.27. The van der Waals surface area contributed by atoms with Crippen molar-refractivity contribution < 1.29 is 14.4 Å². The number of nitrogens with zero attached hydrogens (tertiary/aromatic N) is 3. The van der Waals surface area contributed by atoms with Crippen molar-refractivity contribution in [2.75, 3.05) is 6.54 Å². The number of hydrogen-bond acceptors (Lipinski definition) is 5. The van der Waals surface area contributed by atoms with E-state index in [-0.39, 0.29) is 11.5 Å². The van der Waals surface area contributed by atoms with E-state index in [0.717, 1.165) is 27.8 Å². The molecule has 0 fully saturated rings. The normalized spacial score (nSPS) is 15.8. The van der Waals surface area contributed by atoms with Crippen LogP contribution in [0.25, 0.3) is 16.0 Å². The van der Waals surface area contributed by atoms with E-state index >= 15 is 0 Å². The van der Waals surface area contributed by atoms with Crippen molar-refractivity contribution in [3.63, 3.8) is 0 Å². The first-order valence-corrected chi connectivity index (χ1v) is 11.7. The number of oxime groups is 1. The van der Waals surface area contributed by atoms with E-state index in [1.165, 1.54) is 6.92 Å². The number of carbonyl (C=O) groups is 2. The van der Waals surface area contributed by atoms with Gasteiger partial charge in [0.05, 0.1) is 6.07 Å². The topological polar surface area (TPSA) is 83.9 Å². The van der Waals surface area contributed by atoms with E-state index in [9.17, 15) is 14.9 Å². The van der Waals surface area contributed by atoms with Gasteiger partial charge in [-0.2, -0.15) is 5.26 Å². The molecule has 0 bridgehead atoms. The standard InChI is InChI=1S/C30H25N3O3/c1-20-9-4-5-10-23(20)28(33-36-21(2)34)29(35)22-13-14-25-24-11-6-7-12-26(24)30(15-8-17-31,16-18-32-3)27(25)19-22/h4-7,9-14,19H,8,15-16,18H2,1-2H3/b33-28+. The van der Waals surface area contributed by atoms with Crippen molar-refractivity contribution in [1.29, 1.82) is 5.26 Å². The maximum Gasteiger partial charge on any atom is 0.332 e. The van der Waals surface area contributed by atoms with E-state index in [1.807, 2.05) is 49.4 Å². The Morgan fingerprint density at radius 2 is 1.75 bits per heavy atom. The molecule has 0 spiro atoms. The fourth-order valence-electron chi connectivity index (χ4n) is 5.07. The smallest absolute Gasteiger partial charge is 0.318 e. The lowest BCUT2D eigenvalue weighted by Gasteiger charge is -2.30. The summed E-state index contributed by atoms with van der Waals surface area (Å²) < 4.78 is 0. The lowest BCUT2D eigenvalue weighted by atomic mass is 9.71. The van der Waals surface area contributed by atoms with Gasteiger partial charge in [0, 0.05) is 36.3 Å². The van der Waals surface area contributed by atoms with E-state index in [2.05, 4.69) is 22.1 Å². The number of hydrogen-bond donors (Lipinski definition) is 0. The minimum Gasteiger partial charge on any atom is -0.318 e. The van der Waals surface area contributed by atoms with Gasteiger partial charge < -0.3 is 9.68 Å². The summed E-state index contributed by atoms with van der Waals surface area (Å²) in [7, 11) is 0. The number of fused-ring (bicyclic) bond motifs is 3. The van der Waals surface area contributed by atoms with Crippen molar-refractivity contribution in [3.8, 4) is 17.2 Å². The molecule has 1 aliphatic carbocycles. The van der Waals surface area contributed by atoms with Gasteiger partial charge in [-0.3, -0.25) is 4.79 Å². The van der Waals surface area contributed by atoms with Crippen LogP contribution in [-0.2, 0) is 15.0 Å². The zero-order chi connectivity index (χ0) is 25.7. The second-order valence-electron chi connectivity index (χ2n) is 8.84. The SMILES string of the molecule is [C-]#[N+]CCC1(CCC#N)c2ccccc2-c2ccc(C(=O)/C(=N/OC(C)=O)c3ccccc3C)cc21. The lowest BCUT2D eigenvalue weighted by molar-refractivity contribution is -0.140. The molecule has 0 aliphatic heterocycles. The monoisotopic (exact) mass is 475 g/mol.